The van der Waals surface area contributed by atoms with E-state index in [1.165, 1.54) is 12.1 Å². The third kappa shape index (κ3) is 2.09. The molecule has 1 aromatic carbocycles. The third-order valence-corrected chi connectivity index (χ3v) is 3.42. The van der Waals surface area contributed by atoms with Gasteiger partial charge in [0.25, 0.3) is 0 Å². The van der Waals surface area contributed by atoms with E-state index in [1.54, 1.807) is 12.1 Å². The summed E-state index contributed by atoms with van der Waals surface area (Å²) < 4.78 is 26.8. The van der Waals surface area contributed by atoms with E-state index in [0.717, 1.165) is 17.4 Å². The predicted molar refractivity (Wildman–Crippen MR) is 59.7 cm³/mol. The molecule has 0 bridgehead atoms. The molecule has 0 amide bonds. The lowest BCUT2D eigenvalue weighted by atomic mass is 10.1. The number of thiophene rings is 1. The quantitative estimate of drug-likeness (QED) is 0.872. The number of benzene rings is 1. The Balaban J connectivity index is 2.41. The number of aliphatic hydroxyl groups is 1. The van der Waals surface area contributed by atoms with E-state index in [9.17, 15) is 13.9 Å². The molecule has 84 valence electrons. The van der Waals surface area contributed by atoms with Crippen molar-refractivity contribution in [2.75, 3.05) is 0 Å². The van der Waals surface area contributed by atoms with Crippen molar-refractivity contribution < 1.29 is 13.9 Å². The minimum Gasteiger partial charge on any atom is -0.383 e. The van der Waals surface area contributed by atoms with Crippen molar-refractivity contribution in [3.63, 3.8) is 0 Å². The van der Waals surface area contributed by atoms with Gasteiger partial charge < -0.3 is 5.11 Å². The van der Waals surface area contributed by atoms with Gasteiger partial charge in [0.05, 0.1) is 4.34 Å². The Bertz CT molecular complexity index is 512. The average molecular weight is 261 g/mol. The van der Waals surface area contributed by atoms with Crippen molar-refractivity contribution in [2.45, 2.75) is 6.10 Å². The van der Waals surface area contributed by atoms with Gasteiger partial charge in [-0.25, -0.2) is 8.78 Å². The lowest BCUT2D eigenvalue weighted by Crippen LogP contribution is -2.02. The fourth-order valence-electron chi connectivity index (χ4n) is 1.36. The van der Waals surface area contributed by atoms with Crippen molar-refractivity contribution in [1.29, 1.82) is 0 Å². The Morgan fingerprint density at radius 3 is 2.56 bits per heavy atom. The van der Waals surface area contributed by atoms with E-state index in [-0.39, 0.29) is 5.56 Å². The second-order valence-electron chi connectivity index (χ2n) is 3.19. The highest BCUT2D eigenvalue weighted by Crippen LogP contribution is 2.32. The summed E-state index contributed by atoms with van der Waals surface area (Å²) in [4.78, 5) is 0.481. The summed E-state index contributed by atoms with van der Waals surface area (Å²) in [7, 11) is 0. The Labute approximate surface area is 99.9 Å². The first-order chi connectivity index (χ1) is 7.59. The smallest absolute Gasteiger partial charge is 0.164 e. The fraction of sp³-hybridized carbons (Fsp3) is 0.0909. The average Bonchev–Trinajstić information content (AvgIpc) is 2.68. The molecular weight excluding hydrogens is 254 g/mol. The first-order valence-electron chi connectivity index (χ1n) is 4.47. The highest BCUT2D eigenvalue weighted by atomic mass is 35.5. The largest absolute Gasteiger partial charge is 0.383 e. The lowest BCUT2D eigenvalue weighted by Gasteiger charge is -2.09. The summed E-state index contributed by atoms with van der Waals surface area (Å²) in [5.74, 6) is -2.00. The van der Waals surface area contributed by atoms with Gasteiger partial charge in [0.15, 0.2) is 11.6 Å². The molecule has 2 rings (SSSR count). The SMILES string of the molecule is OC(c1ccc(Cl)s1)c1cccc(F)c1F. The van der Waals surface area contributed by atoms with Gasteiger partial charge in [-0.05, 0) is 18.2 Å². The van der Waals surface area contributed by atoms with Crippen LogP contribution in [0, 0.1) is 11.6 Å². The van der Waals surface area contributed by atoms with Crippen molar-refractivity contribution >= 4 is 22.9 Å². The summed E-state index contributed by atoms with van der Waals surface area (Å²) >= 11 is 6.83. The van der Waals surface area contributed by atoms with Gasteiger partial charge in [0, 0.05) is 10.4 Å². The van der Waals surface area contributed by atoms with Crippen LogP contribution in [0.25, 0.3) is 0 Å². The molecule has 2 aromatic rings. The molecule has 1 heterocycles. The van der Waals surface area contributed by atoms with Gasteiger partial charge in [-0.15, -0.1) is 11.3 Å². The zero-order valence-electron chi connectivity index (χ0n) is 7.95. The molecule has 0 aliphatic rings. The number of hydrogen-bond donors (Lipinski definition) is 1. The van der Waals surface area contributed by atoms with Crippen LogP contribution in [0.4, 0.5) is 8.78 Å². The van der Waals surface area contributed by atoms with Gasteiger partial charge >= 0.3 is 0 Å². The van der Waals surface area contributed by atoms with Crippen LogP contribution in [0.5, 0.6) is 0 Å². The van der Waals surface area contributed by atoms with Crippen LogP contribution >= 0.6 is 22.9 Å². The molecule has 0 fully saturated rings. The molecule has 0 aliphatic carbocycles. The first-order valence-corrected chi connectivity index (χ1v) is 5.66. The standard InChI is InChI=1S/C11H7ClF2OS/c12-9-5-4-8(16-9)11(15)6-2-1-3-7(13)10(6)14/h1-5,11,15H. The molecule has 0 aliphatic heterocycles. The summed E-state index contributed by atoms with van der Waals surface area (Å²) in [6.07, 6.45) is -1.19. The van der Waals surface area contributed by atoms with Crippen molar-refractivity contribution in [1.82, 2.24) is 0 Å². The van der Waals surface area contributed by atoms with Crippen LogP contribution in [-0.4, -0.2) is 5.11 Å². The Morgan fingerprint density at radius 2 is 1.94 bits per heavy atom. The maximum atomic E-state index is 13.4. The summed E-state index contributed by atoms with van der Waals surface area (Å²) in [5.41, 5.74) is -0.0847. The predicted octanol–water partition coefficient (Wildman–Crippen LogP) is 3.76. The van der Waals surface area contributed by atoms with Gasteiger partial charge in [-0.3, -0.25) is 0 Å². The van der Waals surface area contributed by atoms with Gasteiger partial charge in [0.2, 0.25) is 0 Å². The molecular formula is C11H7ClF2OS. The monoisotopic (exact) mass is 260 g/mol. The van der Waals surface area contributed by atoms with Crippen molar-refractivity contribution in [3.8, 4) is 0 Å². The molecule has 0 radical (unpaired) electrons. The molecule has 5 heteroatoms. The molecule has 1 aromatic heterocycles. The second-order valence-corrected chi connectivity index (χ2v) is 4.93. The number of rotatable bonds is 2. The Kier molecular flexibility index (Phi) is 3.23. The normalized spacial score (nSPS) is 12.8. The first kappa shape index (κ1) is 11.5. The molecule has 0 saturated heterocycles. The Morgan fingerprint density at radius 1 is 1.19 bits per heavy atom. The fourth-order valence-corrected chi connectivity index (χ4v) is 2.43. The molecule has 1 unspecified atom stereocenters. The number of halogens is 3. The van der Waals surface area contributed by atoms with Crippen LogP contribution < -0.4 is 0 Å². The van der Waals surface area contributed by atoms with Crippen LogP contribution in [0.15, 0.2) is 30.3 Å². The van der Waals surface area contributed by atoms with Crippen LogP contribution in [-0.2, 0) is 0 Å². The van der Waals surface area contributed by atoms with E-state index >= 15 is 0 Å². The van der Waals surface area contributed by atoms with E-state index < -0.39 is 17.7 Å². The topological polar surface area (TPSA) is 20.2 Å². The highest BCUT2D eigenvalue weighted by molar-refractivity contribution is 7.16. The lowest BCUT2D eigenvalue weighted by molar-refractivity contribution is 0.217. The molecule has 1 N–H and O–H groups in total. The molecule has 16 heavy (non-hydrogen) atoms. The van der Waals surface area contributed by atoms with Gasteiger partial charge in [-0.2, -0.15) is 0 Å². The Hall–Kier alpha value is -0.970. The molecule has 1 atom stereocenters. The zero-order valence-corrected chi connectivity index (χ0v) is 9.53. The van der Waals surface area contributed by atoms with E-state index in [0.29, 0.717) is 9.21 Å². The van der Waals surface area contributed by atoms with Crippen LogP contribution in [0.3, 0.4) is 0 Å². The maximum absolute atomic E-state index is 13.4. The minimum atomic E-state index is -1.19. The minimum absolute atomic E-state index is 0.0847. The van der Waals surface area contributed by atoms with E-state index in [2.05, 4.69) is 0 Å². The summed E-state index contributed by atoms with van der Waals surface area (Å²) in [6.45, 7) is 0. The molecule has 1 nitrogen and oxygen atoms in total. The van der Waals surface area contributed by atoms with Crippen molar-refractivity contribution in [3.05, 3.63) is 56.7 Å². The number of aliphatic hydroxyl groups excluding tert-OH is 1. The molecule has 0 saturated carbocycles. The zero-order chi connectivity index (χ0) is 11.7. The van der Waals surface area contributed by atoms with Gasteiger partial charge in [-0.1, -0.05) is 23.7 Å². The highest BCUT2D eigenvalue weighted by Gasteiger charge is 2.18. The third-order valence-electron chi connectivity index (χ3n) is 2.14. The maximum Gasteiger partial charge on any atom is 0.164 e. The van der Waals surface area contributed by atoms with E-state index in [1.807, 2.05) is 0 Å². The van der Waals surface area contributed by atoms with Crippen LogP contribution in [0.1, 0.15) is 16.5 Å². The molecule has 0 spiro atoms. The number of hydrogen-bond acceptors (Lipinski definition) is 2. The van der Waals surface area contributed by atoms with Crippen LogP contribution in [0.2, 0.25) is 4.34 Å². The second kappa shape index (κ2) is 4.49. The van der Waals surface area contributed by atoms with E-state index in [4.69, 9.17) is 11.6 Å². The summed E-state index contributed by atoms with van der Waals surface area (Å²) in [5, 5.41) is 9.86. The van der Waals surface area contributed by atoms with Crippen molar-refractivity contribution in [2.24, 2.45) is 0 Å². The summed E-state index contributed by atoms with van der Waals surface area (Å²) in [6, 6.07) is 6.89. The van der Waals surface area contributed by atoms with Gasteiger partial charge in [0.1, 0.15) is 6.10 Å².